The molecule has 0 aliphatic heterocycles. The van der Waals surface area contributed by atoms with Crippen molar-refractivity contribution >= 4 is 12.4 Å². The van der Waals surface area contributed by atoms with E-state index in [1.165, 1.54) is 16.7 Å². The van der Waals surface area contributed by atoms with E-state index in [9.17, 15) is 0 Å². The molecule has 2 unspecified atom stereocenters. The van der Waals surface area contributed by atoms with Crippen LogP contribution in [0, 0.1) is 0 Å². The van der Waals surface area contributed by atoms with Crippen molar-refractivity contribution in [3.8, 4) is 5.75 Å². The van der Waals surface area contributed by atoms with Gasteiger partial charge in [-0.25, -0.2) is 0 Å². The second-order valence-electron chi connectivity index (χ2n) is 7.00. The smallest absolute Gasteiger partial charge is 0.119 e. The minimum absolute atomic E-state index is 0. The van der Waals surface area contributed by atoms with Gasteiger partial charge in [-0.3, -0.25) is 0 Å². The van der Waals surface area contributed by atoms with Crippen LogP contribution in [-0.4, -0.2) is 5.54 Å². The zero-order chi connectivity index (χ0) is 17.1. The van der Waals surface area contributed by atoms with E-state index in [4.69, 9.17) is 10.5 Å². The molecule has 3 heteroatoms. The maximum atomic E-state index is 6.60. The van der Waals surface area contributed by atoms with Crippen molar-refractivity contribution in [2.24, 2.45) is 5.73 Å². The summed E-state index contributed by atoms with van der Waals surface area (Å²) in [5.74, 6) is 1.34. The molecule has 4 rings (SSSR count). The minimum atomic E-state index is -0.103. The fourth-order valence-electron chi connectivity index (χ4n) is 3.48. The summed E-state index contributed by atoms with van der Waals surface area (Å²) in [5.41, 5.74) is 10.3. The van der Waals surface area contributed by atoms with Crippen molar-refractivity contribution in [2.75, 3.05) is 0 Å². The third-order valence-corrected chi connectivity index (χ3v) is 5.02. The molecule has 0 radical (unpaired) electrons. The topological polar surface area (TPSA) is 35.2 Å². The van der Waals surface area contributed by atoms with E-state index in [1.54, 1.807) is 0 Å². The van der Waals surface area contributed by atoms with Crippen LogP contribution < -0.4 is 10.5 Å². The molecule has 134 valence electrons. The first-order chi connectivity index (χ1) is 12.2. The van der Waals surface area contributed by atoms with E-state index >= 15 is 0 Å². The number of hydrogen-bond donors (Lipinski definition) is 1. The summed E-state index contributed by atoms with van der Waals surface area (Å²) in [5, 5.41) is 0. The molecular weight excluding hydrogens is 342 g/mol. The van der Waals surface area contributed by atoms with Gasteiger partial charge < -0.3 is 10.5 Å². The highest BCUT2D eigenvalue weighted by Crippen LogP contribution is 2.51. The average Bonchev–Trinajstić information content (AvgIpc) is 3.33. The number of ether oxygens (including phenoxy) is 1. The van der Waals surface area contributed by atoms with Gasteiger partial charge in [0.15, 0.2) is 0 Å². The molecule has 3 aromatic carbocycles. The summed E-state index contributed by atoms with van der Waals surface area (Å²) < 4.78 is 5.86. The molecular formula is C23H24ClNO. The fraction of sp³-hybridized carbons (Fsp3) is 0.217. The largest absolute Gasteiger partial charge is 0.489 e. The lowest BCUT2D eigenvalue weighted by Crippen LogP contribution is -2.27. The van der Waals surface area contributed by atoms with Crippen molar-refractivity contribution in [3.63, 3.8) is 0 Å². The molecule has 0 heterocycles. The van der Waals surface area contributed by atoms with Crippen LogP contribution in [0.1, 0.15) is 29.0 Å². The van der Waals surface area contributed by atoms with E-state index in [2.05, 4.69) is 60.7 Å². The first kappa shape index (κ1) is 18.5. The number of rotatable bonds is 6. The maximum Gasteiger partial charge on any atom is 0.119 e. The Bertz CT molecular complexity index is 820. The van der Waals surface area contributed by atoms with Gasteiger partial charge in [-0.1, -0.05) is 72.8 Å². The molecule has 2 N–H and O–H groups in total. The third-order valence-electron chi connectivity index (χ3n) is 5.02. The normalized spacial score (nSPS) is 20.9. The first-order valence-corrected chi connectivity index (χ1v) is 8.82. The minimum Gasteiger partial charge on any atom is -0.489 e. The molecule has 0 bridgehead atoms. The lowest BCUT2D eigenvalue weighted by Gasteiger charge is -2.12. The monoisotopic (exact) mass is 365 g/mol. The summed E-state index contributed by atoms with van der Waals surface area (Å²) in [6.07, 6.45) is 1.98. The van der Waals surface area contributed by atoms with Crippen LogP contribution in [0.2, 0.25) is 0 Å². The molecule has 2 nitrogen and oxygen atoms in total. The Balaban J connectivity index is 0.00000196. The van der Waals surface area contributed by atoms with Crippen LogP contribution >= 0.6 is 12.4 Å². The van der Waals surface area contributed by atoms with Gasteiger partial charge in [0.05, 0.1) is 0 Å². The fourth-order valence-corrected chi connectivity index (χ4v) is 3.48. The van der Waals surface area contributed by atoms with E-state index in [1.807, 2.05) is 24.3 Å². The predicted octanol–water partition coefficient (Wildman–Crippen LogP) is 5.11. The average molecular weight is 366 g/mol. The molecule has 2 atom stereocenters. The number of halogens is 1. The Kier molecular flexibility index (Phi) is 5.65. The van der Waals surface area contributed by atoms with Crippen LogP contribution in [0.4, 0.5) is 0 Å². The number of nitrogens with two attached hydrogens (primary N) is 1. The summed E-state index contributed by atoms with van der Waals surface area (Å²) in [7, 11) is 0. The summed E-state index contributed by atoms with van der Waals surface area (Å²) in [6, 6.07) is 29.2. The second-order valence-corrected chi connectivity index (χ2v) is 7.00. The zero-order valence-corrected chi connectivity index (χ0v) is 15.5. The number of benzene rings is 3. The van der Waals surface area contributed by atoms with Gasteiger partial charge in [0, 0.05) is 11.5 Å². The molecule has 1 fully saturated rings. The lowest BCUT2D eigenvalue weighted by molar-refractivity contribution is 0.306. The van der Waals surface area contributed by atoms with Gasteiger partial charge in [-0.05, 0) is 41.7 Å². The van der Waals surface area contributed by atoms with Gasteiger partial charge in [0.1, 0.15) is 12.4 Å². The maximum absolute atomic E-state index is 6.60. The standard InChI is InChI=1S/C23H23NO.ClH/c24-23(15-18-7-3-1-4-8-18)16-22(23)20-11-13-21(14-12-20)25-17-19-9-5-2-6-10-19;/h1-14,22H,15-17,24H2;1H. The zero-order valence-electron chi connectivity index (χ0n) is 14.7. The summed E-state index contributed by atoms with van der Waals surface area (Å²) in [4.78, 5) is 0. The van der Waals surface area contributed by atoms with Gasteiger partial charge in [0.25, 0.3) is 0 Å². The molecule has 0 spiro atoms. The van der Waals surface area contributed by atoms with E-state index in [-0.39, 0.29) is 17.9 Å². The molecule has 26 heavy (non-hydrogen) atoms. The third kappa shape index (κ3) is 4.27. The van der Waals surface area contributed by atoms with Crippen LogP contribution in [-0.2, 0) is 13.0 Å². The van der Waals surface area contributed by atoms with Gasteiger partial charge >= 0.3 is 0 Å². The van der Waals surface area contributed by atoms with E-state index < -0.39 is 0 Å². The highest BCUT2D eigenvalue weighted by atomic mass is 35.5. The van der Waals surface area contributed by atoms with E-state index in [0.29, 0.717) is 12.5 Å². The Morgan fingerprint density at radius 3 is 2.00 bits per heavy atom. The molecule has 0 amide bonds. The van der Waals surface area contributed by atoms with Crippen molar-refractivity contribution in [1.29, 1.82) is 0 Å². The van der Waals surface area contributed by atoms with Crippen LogP contribution in [0.5, 0.6) is 5.75 Å². The summed E-state index contributed by atoms with van der Waals surface area (Å²) in [6.45, 7) is 0.596. The molecule has 1 aliphatic carbocycles. The Hall–Kier alpha value is -2.29. The Morgan fingerprint density at radius 1 is 0.808 bits per heavy atom. The van der Waals surface area contributed by atoms with Crippen molar-refractivity contribution in [3.05, 3.63) is 102 Å². The van der Waals surface area contributed by atoms with Crippen LogP contribution in [0.3, 0.4) is 0 Å². The van der Waals surface area contributed by atoms with Crippen molar-refractivity contribution in [1.82, 2.24) is 0 Å². The second kappa shape index (κ2) is 7.94. The number of hydrogen-bond acceptors (Lipinski definition) is 2. The molecule has 1 aliphatic rings. The molecule has 1 saturated carbocycles. The highest BCUT2D eigenvalue weighted by Gasteiger charge is 2.51. The van der Waals surface area contributed by atoms with Crippen LogP contribution in [0.15, 0.2) is 84.9 Å². The summed E-state index contributed by atoms with van der Waals surface area (Å²) >= 11 is 0. The lowest BCUT2D eigenvalue weighted by atomic mass is 9.99. The molecule has 0 aromatic heterocycles. The SMILES string of the molecule is Cl.NC1(Cc2ccccc2)CC1c1ccc(OCc2ccccc2)cc1. The van der Waals surface area contributed by atoms with Crippen molar-refractivity contribution in [2.45, 2.75) is 30.9 Å². The quantitative estimate of drug-likeness (QED) is 0.658. The molecule has 3 aromatic rings. The predicted molar refractivity (Wildman–Crippen MR) is 109 cm³/mol. The first-order valence-electron chi connectivity index (χ1n) is 8.82. The Labute approximate surface area is 161 Å². The van der Waals surface area contributed by atoms with Crippen LogP contribution in [0.25, 0.3) is 0 Å². The Morgan fingerprint density at radius 2 is 1.38 bits per heavy atom. The van der Waals surface area contributed by atoms with Gasteiger partial charge in [0.2, 0.25) is 0 Å². The molecule has 0 saturated heterocycles. The van der Waals surface area contributed by atoms with E-state index in [0.717, 1.165) is 18.6 Å². The highest BCUT2D eigenvalue weighted by molar-refractivity contribution is 5.85. The van der Waals surface area contributed by atoms with Gasteiger partial charge in [-0.15, -0.1) is 12.4 Å². The van der Waals surface area contributed by atoms with Crippen molar-refractivity contribution < 1.29 is 4.74 Å². The van der Waals surface area contributed by atoms with Gasteiger partial charge in [-0.2, -0.15) is 0 Å².